The van der Waals surface area contributed by atoms with Gasteiger partial charge >= 0.3 is 6.03 Å². The lowest BCUT2D eigenvalue weighted by molar-refractivity contribution is -0.116. The number of carbonyl (C=O) groups is 2. The smallest absolute Gasteiger partial charge is 0.323 e. The molecule has 0 aliphatic heterocycles. The first kappa shape index (κ1) is 25.6. The van der Waals surface area contributed by atoms with Crippen LogP contribution in [0.4, 0.5) is 22.0 Å². The number of benzene rings is 2. The van der Waals surface area contributed by atoms with Gasteiger partial charge in [-0.1, -0.05) is 24.3 Å². The number of nitrogen functional groups attached to an aromatic ring is 1. The lowest BCUT2D eigenvalue weighted by Gasteiger charge is -2.09. The number of hydrogen-bond acceptors (Lipinski definition) is 6. The quantitative estimate of drug-likeness (QED) is 0.185. The molecule has 9 heteroatoms. The van der Waals surface area contributed by atoms with E-state index >= 15 is 0 Å². The molecule has 39 heavy (non-hydrogen) atoms. The van der Waals surface area contributed by atoms with Crippen molar-refractivity contribution in [1.29, 1.82) is 0 Å². The summed E-state index contributed by atoms with van der Waals surface area (Å²) in [6.45, 7) is 2.39. The molecule has 3 aromatic heterocycles. The Balaban J connectivity index is 1.29. The second-order valence-electron chi connectivity index (χ2n) is 8.88. The maximum Gasteiger partial charge on any atom is 0.323 e. The molecule has 0 bridgehead atoms. The summed E-state index contributed by atoms with van der Waals surface area (Å²) in [6.07, 6.45) is 8.29. The average molecular weight is 535 g/mol. The highest BCUT2D eigenvalue weighted by atomic mass is 32.1. The van der Waals surface area contributed by atoms with Crippen LogP contribution in [0.1, 0.15) is 16.7 Å². The van der Waals surface area contributed by atoms with E-state index in [-0.39, 0.29) is 11.9 Å². The number of aryl methyl sites for hydroxylation is 1. The molecule has 3 heterocycles. The number of carbonyl (C=O) groups excluding carboxylic acids is 2. The lowest BCUT2D eigenvalue weighted by atomic mass is 10.0. The van der Waals surface area contributed by atoms with Gasteiger partial charge in [-0.3, -0.25) is 9.78 Å². The van der Waals surface area contributed by atoms with Crippen LogP contribution in [-0.2, 0) is 11.3 Å². The van der Waals surface area contributed by atoms with Crippen LogP contribution in [0, 0.1) is 6.92 Å². The molecule has 0 saturated carbocycles. The van der Waals surface area contributed by atoms with Gasteiger partial charge in [-0.05, 0) is 71.5 Å². The zero-order valence-corrected chi connectivity index (χ0v) is 22.0. The van der Waals surface area contributed by atoms with Gasteiger partial charge in [0.2, 0.25) is 5.91 Å². The van der Waals surface area contributed by atoms with Crippen molar-refractivity contribution in [3.8, 4) is 11.1 Å². The lowest BCUT2D eigenvalue weighted by Crippen LogP contribution is -2.20. The fourth-order valence-electron chi connectivity index (χ4n) is 4.08. The minimum absolute atomic E-state index is 0.205. The topological polar surface area (TPSA) is 122 Å². The number of rotatable bonds is 7. The van der Waals surface area contributed by atoms with Crippen LogP contribution in [0.2, 0.25) is 0 Å². The summed E-state index contributed by atoms with van der Waals surface area (Å²) in [5.74, 6) is 0.211. The van der Waals surface area contributed by atoms with E-state index in [9.17, 15) is 9.59 Å². The SMILES string of the molecule is Cc1cccc(NC(=O)Nc2ccc(-c3csc4c(C=CC(=O)NCc5ccncc5)cnc(N)c34)cc2)c1. The molecule has 2 aromatic carbocycles. The summed E-state index contributed by atoms with van der Waals surface area (Å²) in [4.78, 5) is 33.1. The number of anilines is 3. The first-order valence-corrected chi connectivity index (χ1v) is 13.1. The first-order valence-electron chi connectivity index (χ1n) is 12.2. The number of nitrogens with zero attached hydrogens (tertiary/aromatic N) is 2. The van der Waals surface area contributed by atoms with E-state index in [1.165, 1.54) is 17.4 Å². The van der Waals surface area contributed by atoms with Gasteiger partial charge in [-0.15, -0.1) is 11.3 Å². The molecule has 3 amide bonds. The molecule has 5 rings (SSSR count). The predicted molar refractivity (Wildman–Crippen MR) is 158 cm³/mol. The maximum absolute atomic E-state index is 12.4. The molecule has 5 aromatic rings. The molecule has 0 aliphatic carbocycles. The van der Waals surface area contributed by atoms with Crippen molar-refractivity contribution in [2.24, 2.45) is 0 Å². The first-order chi connectivity index (χ1) is 19.0. The molecule has 0 aliphatic rings. The van der Waals surface area contributed by atoms with Gasteiger partial charge in [0, 0.05) is 63.8 Å². The Labute approximate surface area is 229 Å². The molecule has 0 unspecified atom stereocenters. The van der Waals surface area contributed by atoms with Gasteiger partial charge in [0.05, 0.1) is 0 Å². The van der Waals surface area contributed by atoms with Gasteiger partial charge in [-0.25, -0.2) is 9.78 Å². The van der Waals surface area contributed by atoms with Gasteiger partial charge in [0.15, 0.2) is 0 Å². The number of amides is 3. The second kappa shape index (κ2) is 11.6. The molecule has 0 atom stereocenters. The molecule has 194 valence electrons. The Hall–Kier alpha value is -5.02. The van der Waals surface area contributed by atoms with E-state index in [4.69, 9.17) is 5.73 Å². The Morgan fingerprint density at radius 1 is 1.00 bits per heavy atom. The van der Waals surface area contributed by atoms with Crippen molar-refractivity contribution < 1.29 is 9.59 Å². The summed E-state index contributed by atoms with van der Waals surface area (Å²) < 4.78 is 0.940. The highest BCUT2D eigenvalue weighted by Crippen LogP contribution is 2.39. The number of pyridine rings is 2. The molecular weight excluding hydrogens is 508 g/mol. The van der Waals surface area contributed by atoms with Crippen molar-refractivity contribution in [3.63, 3.8) is 0 Å². The Kier molecular flexibility index (Phi) is 7.60. The van der Waals surface area contributed by atoms with Gasteiger partial charge in [0.1, 0.15) is 5.82 Å². The summed E-state index contributed by atoms with van der Waals surface area (Å²) in [5.41, 5.74) is 12.4. The highest BCUT2D eigenvalue weighted by Gasteiger charge is 2.14. The number of nitrogens with two attached hydrogens (primary N) is 1. The van der Waals surface area contributed by atoms with E-state index in [0.29, 0.717) is 18.1 Å². The summed E-state index contributed by atoms with van der Waals surface area (Å²) >= 11 is 1.54. The minimum atomic E-state index is -0.316. The van der Waals surface area contributed by atoms with Crippen molar-refractivity contribution in [3.05, 3.63) is 107 Å². The number of thiophene rings is 1. The number of aromatic nitrogens is 2. The van der Waals surface area contributed by atoms with Crippen molar-refractivity contribution in [2.75, 3.05) is 16.4 Å². The monoisotopic (exact) mass is 534 g/mol. The maximum atomic E-state index is 12.4. The number of nitrogens with one attached hydrogen (secondary N) is 3. The van der Waals surface area contributed by atoms with Crippen molar-refractivity contribution in [1.82, 2.24) is 15.3 Å². The zero-order chi connectivity index (χ0) is 27.2. The van der Waals surface area contributed by atoms with Gasteiger partial charge in [-0.2, -0.15) is 0 Å². The van der Waals surface area contributed by atoms with Crippen LogP contribution in [0.15, 0.2) is 90.7 Å². The molecule has 0 fully saturated rings. The standard InChI is InChI=1S/C30H26N6O2S/c1-19-3-2-4-24(15-19)36-30(38)35-23-8-5-21(6-9-23)25-18-39-28-22(17-34-29(31)27(25)28)7-10-26(37)33-16-20-11-13-32-14-12-20/h2-15,17-18H,16H2,1H3,(H2,31,34)(H,33,37)(H2,35,36,38). The van der Waals surface area contributed by atoms with E-state index in [2.05, 4.69) is 25.9 Å². The molecular formula is C30H26N6O2S. The summed E-state index contributed by atoms with van der Waals surface area (Å²) in [7, 11) is 0. The molecule has 0 spiro atoms. The van der Waals surface area contributed by atoms with Crippen LogP contribution in [0.3, 0.4) is 0 Å². The zero-order valence-electron chi connectivity index (χ0n) is 21.1. The van der Waals surface area contributed by atoms with Crippen molar-refractivity contribution >= 4 is 56.6 Å². The third kappa shape index (κ3) is 6.28. The third-order valence-corrected chi connectivity index (χ3v) is 7.04. The predicted octanol–water partition coefficient (Wildman–Crippen LogP) is 6.22. The van der Waals surface area contributed by atoms with E-state index in [0.717, 1.165) is 43.6 Å². The van der Waals surface area contributed by atoms with Crippen LogP contribution in [-0.4, -0.2) is 21.9 Å². The minimum Gasteiger partial charge on any atom is -0.383 e. The normalized spacial score (nSPS) is 11.0. The summed E-state index contributed by atoms with van der Waals surface area (Å²) in [5, 5.41) is 11.4. The molecule has 8 nitrogen and oxygen atoms in total. The third-order valence-electron chi connectivity index (χ3n) is 6.01. The molecule has 5 N–H and O–H groups in total. The van der Waals surface area contributed by atoms with E-state index in [1.54, 1.807) is 24.7 Å². The molecule has 0 saturated heterocycles. The highest BCUT2D eigenvalue weighted by molar-refractivity contribution is 7.18. The Morgan fingerprint density at radius 2 is 1.77 bits per heavy atom. The van der Waals surface area contributed by atoms with Crippen LogP contribution in [0.5, 0.6) is 0 Å². The van der Waals surface area contributed by atoms with Gasteiger partial charge in [0.25, 0.3) is 0 Å². The fourth-order valence-corrected chi connectivity index (χ4v) is 5.16. The van der Waals surface area contributed by atoms with Crippen LogP contribution >= 0.6 is 11.3 Å². The second-order valence-corrected chi connectivity index (χ2v) is 9.76. The molecule has 0 radical (unpaired) electrons. The van der Waals surface area contributed by atoms with E-state index < -0.39 is 0 Å². The van der Waals surface area contributed by atoms with Crippen LogP contribution < -0.4 is 21.7 Å². The Bertz CT molecular complexity index is 1660. The van der Waals surface area contributed by atoms with E-state index in [1.807, 2.05) is 73.0 Å². The van der Waals surface area contributed by atoms with Crippen molar-refractivity contribution in [2.45, 2.75) is 13.5 Å². The number of urea groups is 1. The fraction of sp³-hybridized carbons (Fsp3) is 0.0667. The number of hydrogen-bond donors (Lipinski definition) is 4. The van der Waals surface area contributed by atoms with Gasteiger partial charge < -0.3 is 21.7 Å². The average Bonchev–Trinajstić information content (AvgIpc) is 3.39. The Morgan fingerprint density at radius 3 is 2.54 bits per heavy atom. The largest absolute Gasteiger partial charge is 0.383 e. The summed E-state index contributed by atoms with van der Waals surface area (Å²) in [6, 6.07) is 18.5. The number of fused-ring (bicyclic) bond motifs is 1. The van der Waals surface area contributed by atoms with Crippen LogP contribution in [0.25, 0.3) is 27.3 Å².